The van der Waals surface area contributed by atoms with Crippen LogP contribution in [0.15, 0.2) is 12.4 Å². The molecule has 3 rings (SSSR count). The van der Waals surface area contributed by atoms with Gasteiger partial charge in [-0.25, -0.2) is 14.8 Å². The van der Waals surface area contributed by atoms with Crippen molar-refractivity contribution in [3.63, 3.8) is 0 Å². The zero-order valence-electron chi connectivity index (χ0n) is 17.8. The van der Waals surface area contributed by atoms with E-state index in [0.29, 0.717) is 19.5 Å². The molecule has 2 aliphatic rings. The summed E-state index contributed by atoms with van der Waals surface area (Å²) < 4.78 is 23.2. The SMILES string of the molecule is CC(C)(C)OC(=O)N1CC[C@@H](Oc2ncc(B3OC(C)(C)C(C)(C)O3)cn2)C1. The molecule has 1 aromatic rings. The average Bonchev–Trinajstić information content (AvgIpc) is 3.09. The molecular formula is C19H30BN3O5. The monoisotopic (exact) mass is 391 g/mol. The Morgan fingerprint density at radius 2 is 1.75 bits per heavy atom. The van der Waals surface area contributed by atoms with Crippen LogP contribution in [0.2, 0.25) is 0 Å². The minimum atomic E-state index is -0.511. The van der Waals surface area contributed by atoms with E-state index >= 15 is 0 Å². The fourth-order valence-corrected chi connectivity index (χ4v) is 2.95. The third kappa shape index (κ3) is 4.58. The zero-order chi connectivity index (χ0) is 20.7. The quantitative estimate of drug-likeness (QED) is 0.731. The van der Waals surface area contributed by atoms with Crippen molar-refractivity contribution in [2.45, 2.75) is 77.8 Å². The van der Waals surface area contributed by atoms with Gasteiger partial charge in [-0.2, -0.15) is 0 Å². The highest BCUT2D eigenvalue weighted by molar-refractivity contribution is 6.61. The van der Waals surface area contributed by atoms with Crippen molar-refractivity contribution in [3.8, 4) is 6.01 Å². The zero-order valence-corrected chi connectivity index (χ0v) is 17.8. The highest BCUT2D eigenvalue weighted by Gasteiger charge is 2.52. The van der Waals surface area contributed by atoms with Crippen molar-refractivity contribution in [2.24, 2.45) is 0 Å². The number of carbonyl (C=O) groups excluding carboxylic acids is 1. The lowest BCUT2D eigenvalue weighted by Crippen LogP contribution is -2.41. The molecule has 0 aromatic carbocycles. The second kappa shape index (κ2) is 7.19. The molecule has 0 aliphatic carbocycles. The lowest BCUT2D eigenvalue weighted by atomic mass is 9.81. The van der Waals surface area contributed by atoms with Crippen LogP contribution in [0, 0.1) is 0 Å². The Morgan fingerprint density at radius 1 is 1.18 bits per heavy atom. The Kier molecular flexibility index (Phi) is 5.35. The highest BCUT2D eigenvalue weighted by atomic mass is 16.7. The van der Waals surface area contributed by atoms with Gasteiger partial charge in [-0.1, -0.05) is 0 Å². The van der Waals surface area contributed by atoms with Crippen LogP contribution in [0.3, 0.4) is 0 Å². The second-order valence-electron chi connectivity index (χ2n) is 9.34. The number of amides is 1. The van der Waals surface area contributed by atoms with E-state index < -0.39 is 23.9 Å². The van der Waals surface area contributed by atoms with Crippen LogP contribution in [-0.2, 0) is 14.0 Å². The Bertz CT molecular complexity index is 701. The van der Waals surface area contributed by atoms with Gasteiger partial charge in [0.25, 0.3) is 0 Å². The summed E-state index contributed by atoms with van der Waals surface area (Å²) in [6.07, 6.45) is 3.54. The molecule has 8 nitrogen and oxygen atoms in total. The molecule has 28 heavy (non-hydrogen) atoms. The number of aromatic nitrogens is 2. The van der Waals surface area contributed by atoms with Crippen LogP contribution >= 0.6 is 0 Å². The van der Waals surface area contributed by atoms with Crippen molar-refractivity contribution in [1.82, 2.24) is 14.9 Å². The number of rotatable bonds is 3. The molecule has 0 radical (unpaired) electrons. The Morgan fingerprint density at radius 3 is 2.29 bits per heavy atom. The smallest absolute Gasteiger partial charge is 0.458 e. The Hall–Kier alpha value is -1.87. The molecule has 2 fully saturated rings. The maximum absolute atomic E-state index is 12.1. The fraction of sp³-hybridized carbons (Fsp3) is 0.737. The molecule has 1 atom stereocenters. The van der Waals surface area contributed by atoms with Crippen molar-refractivity contribution >= 4 is 18.7 Å². The summed E-state index contributed by atoms with van der Waals surface area (Å²) in [5, 5.41) is 0. The molecule has 154 valence electrons. The number of nitrogens with zero attached hydrogens (tertiary/aromatic N) is 3. The van der Waals surface area contributed by atoms with Crippen LogP contribution in [-0.4, -0.2) is 64.1 Å². The molecule has 1 amide bonds. The first-order chi connectivity index (χ1) is 12.9. The van der Waals surface area contributed by atoms with Gasteiger partial charge in [0, 0.05) is 30.8 Å². The van der Waals surface area contributed by atoms with Gasteiger partial charge in [0.1, 0.15) is 11.7 Å². The molecule has 0 unspecified atom stereocenters. The van der Waals surface area contributed by atoms with Gasteiger partial charge in [0.15, 0.2) is 0 Å². The number of hydrogen-bond donors (Lipinski definition) is 0. The van der Waals surface area contributed by atoms with Gasteiger partial charge in [0.05, 0.1) is 17.7 Å². The van der Waals surface area contributed by atoms with Gasteiger partial charge in [0.2, 0.25) is 0 Å². The predicted octanol–water partition coefficient (Wildman–Crippen LogP) is 2.16. The van der Waals surface area contributed by atoms with Crippen LogP contribution in [0.25, 0.3) is 0 Å². The van der Waals surface area contributed by atoms with Crippen LogP contribution in [0.1, 0.15) is 54.9 Å². The average molecular weight is 391 g/mol. The van der Waals surface area contributed by atoms with E-state index in [1.165, 1.54) is 0 Å². The summed E-state index contributed by atoms with van der Waals surface area (Å²) in [4.78, 5) is 22.4. The standard InChI is InChI=1S/C19H30BN3O5/c1-17(2,3)26-16(24)23-9-8-14(12-23)25-15-21-10-13(11-22-15)20-27-18(4,5)19(6,7)28-20/h10-11,14H,8-9,12H2,1-7H3/t14-/m1/s1. The van der Waals surface area contributed by atoms with E-state index in [1.54, 1.807) is 17.3 Å². The second-order valence-corrected chi connectivity index (χ2v) is 9.34. The summed E-state index contributed by atoms with van der Waals surface area (Å²) in [6, 6.07) is 0.274. The molecule has 0 N–H and O–H groups in total. The van der Waals surface area contributed by atoms with Crippen LogP contribution < -0.4 is 10.2 Å². The molecule has 2 saturated heterocycles. The van der Waals surface area contributed by atoms with Gasteiger partial charge >= 0.3 is 19.2 Å². The van der Waals surface area contributed by atoms with Gasteiger partial charge in [-0.3, -0.25) is 0 Å². The number of ether oxygens (including phenoxy) is 2. The third-order valence-electron chi connectivity index (χ3n) is 5.24. The lowest BCUT2D eigenvalue weighted by Gasteiger charge is -2.32. The molecule has 0 bridgehead atoms. The first-order valence-corrected chi connectivity index (χ1v) is 9.68. The van der Waals surface area contributed by atoms with Crippen LogP contribution in [0.5, 0.6) is 6.01 Å². The maximum Gasteiger partial charge on any atom is 0.498 e. The van der Waals surface area contributed by atoms with Crippen molar-refractivity contribution in [1.29, 1.82) is 0 Å². The van der Waals surface area contributed by atoms with Crippen LogP contribution in [0.4, 0.5) is 4.79 Å². The van der Waals surface area contributed by atoms with E-state index in [9.17, 15) is 4.79 Å². The molecule has 9 heteroatoms. The van der Waals surface area contributed by atoms with E-state index in [4.69, 9.17) is 18.8 Å². The molecule has 0 spiro atoms. The van der Waals surface area contributed by atoms with E-state index in [-0.39, 0.29) is 18.2 Å². The normalized spacial score (nSPS) is 23.8. The molecule has 3 heterocycles. The maximum atomic E-state index is 12.1. The highest BCUT2D eigenvalue weighted by Crippen LogP contribution is 2.36. The largest absolute Gasteiger partial charge is 0.498 e. The Balaban J connectivity index is 1.55. The summed E-state index contributed by atoms with van der Waals surface area (Å²) >= 11 is 0. The summed E-state index contributed by atoms with van der Waals surface area (Å²) in [7, 11) is -0.506. The fourth-order valence-electron chi connectivity index (χ4n) is 2.95. The third-order valence-corrected chi connectivity index (χ3v) is 5.24. The van der Waals surface area contributed by atoms with Gasteiger partial charge in [-0.15, -0.1) is 0 Å². The van der Waals surface area contributed by atoms with Crippen molar-refractivity contribution in [2.75, 3.05) is 13.1 Å². The molecule has 1 aromatic heterocycles. The van der Waals surface area contributed by atoms with Gasteiger partial charge in [-0.05, 0) is 48.5 Å². The van der Waals surface area contributed by atoms with Crippen molar-refractivity contribution < 1.29 is 23.6 Å². The first-order valence-electron chi connectivity index (χ1n) is 9.68. The van der Waals surface area contributed by atoms with E-state index in [2.05, 4.69) is 9.97 Å². The predicted molar refractivity (Wildman–Crippen MR) is 105 cm³/mol. The molecule has 0 saturated carbocycles. The molecular weight excluding hydrogens is 361 g/mol. The number of hydrogen-bond acceptors (Lipinski definition) is 7. The summed E-state index contributed by atoms with van der Waals surface area (Å²) in [6.45, 7) is 14.6. The first kappa shape index (κ1) is 20.9. The Labute approximate surface area is 167 Å². The summed E-state index contributed by atoms with van der Waals surface area (Å²) in [5.74, 6) is 0. The lowest BCUT2D eigenvalue weighted by molar-refractivity contribution is 0.00578. The van der Waals surface area contributed by atoms with E-state index in [1.807, 2.05) is 48.5 Å². The van der Waals surface area contributed by atoms with Crippen molar-refractivity contribution in [3.05, 3.63) is 12.4 Å². The number of carbonyl (C=O) groups is 1. The topological polar surface area (TPSA) is 83.0 Å². The number of likely N-dealkylation sites (tertiary alicyclic amines) is 1. The summed E-state index contributed by atoms with van der Waals surface area (Å²) in [5.41, 5.74) is -0.598. The van der Waals surface area contributed by atoms with Gasteiger partial charge < -0.3 is 23.7 Å². The van der Waals surface area contributed by atoms with E-state index in [0.717, 1.165) is 5.46 Å². The molecule has 2 aliphatic heterocycles. The minimum Gasteiger partial charge on any atom is -0.458 e. The minimum absolute atomic E-state index is 0.157.